The Hall–Kier alpha value is -1.02. The zero-order chi connectivity index (χ0) is 7.40. The van der Waals surface area contributed by atoms with E-state index in [2.05, 4.69) is 6.58 Å². The Morgan fingerprint density at radius 3 is 3.00 bits per heavy atom. The Labute approximate surface area is 63.8 Å². The molecule has 0 amide bonds. The van der Waals surface area contributed by atoms with Gasteiger partial charge in [-0.05, 0) is 16.7 Å². The third kappa shape index (κ3) is 1.28. The molecule has 1 nitrogen and oxygen atoms in total. The predicted molar refractivity (Wildman–Crippen MR) is 46.9 cm³/mol. The van der Waals surface area contributed by atoms with Crippen molar-refractivity contribution < 1.29 is 0 Å². The molecule has 0 spiro atoms. The molecule has 1 heterocycles. The Bertz CT molecular complexity index is 321. The van der Waals surface area contributed by atoms with Crippen LogP contribution in [0.5, 0.6) is 0 Å². The van der Waals surface area contributed by atoms with Gasteiger partial charge in [-0.2, -0.15) is 0 Å². The standard InChI is InChI=1S/C8H9NS/c1-2-3-7-4-5-10-8(7)6-9/h2-6H,1,9H2/b7-3-,8-6+. The summed E-state index contributed by atoms with van der Waals surface area (Å²) in [7, 11) is 0. The molecule has 0 fully saturated rings. The molecule has 0 radical (unpaired) electrons. The second kappa shape index (κ2) is 3.22. The van der Waals surface area contributed by atoms with E-state index in [9.17, 15) is 0 Å². The molecule has 0 saturated carbocycles. The molecular weight excluding hydrogens is 142 g/mol. The van der Waals surface area contributed by atoms with Gasteiger partial charge in [0.1, 0.15) is 0 Å². The normalized spacial score (nSPS) is 14.0. The van der Waals surface area contributed by atoms with Gasteiger partial charge in [0, 0.05) is 10.7 Å². The first-order valence-corrected chi connectivity index (χ1v) is 3.84. The number of thiophene rings is 1. The lowest BCUT2D eigenvalue weighted by Gasteiger charge is -1.73. The number of hydrogen-bond donors (Lipinski definition) is 1. The maximum atomic E-state index is 5.36. The monoisotopic (exact) mass is 151 g/mol. The average molecular weight is 151 g/mol. The van der Waals surface area contributed by atoms with Crippen LogP contribution in [0.3, 0.4) is 0 Å². The number of rotatable bonds is 1. The van der Waals surface area contributed by atoms with E-state index in [-0.39, 0.29) is 0 Å². The first-order valence-electron chi connectivity index (χ1n) is 2.96. The highest BCUT2D eigenvalue weighted by molar-refractivity contribution is 7.07. The largest absolute Gasteiger partial charge is 0.403 e. The van der Waals surface area contributed by atoms with Gasteiger partial charge in [0.05, 0.1) is 0 Å². The fraction of sp³-hybridized carbons (Fsp3) is 0. The van der Waals surface area contributed by atoms with Crippen LogP contribution in [0.25, 0.3) is 12.3 Å². The Morgan fingerprint density at radius 2 is 2.40 bits per heavy atom. The maximum absolute atomic E-state index is 5.36. The summed E-state index contributed by atoms with van der Waals surface area (Å²) >= 11 is 1.63. The van der Waals surface area contributed by atoms with E-state index in [1.807, 2.05) is 17.5 Å². The van der Waals surface area contributed by atoms with Crippen molar-refractivity contribution in [3.05, 3.63) is 33.9 Å². The summed E-state index contributed by atoms with van der Waals surface area (Å²) in [5, 5.41) is 3.15. The molecule has 0 bridgehead atoms. The van der Waals surface area contributed by atoms with Crippen LogP contribution in [0.15, 0.2) is 24.1 Å². The van der Waals surface area contributed by atoms with Crippen molar-refractivity contribution in [1.29, 1.82) is 0 Å². The van der Waals surface area contributed by atoms with Crippen LogP contribution in [-0.2, 0) is 0 Å². The van der Waals surface area contributed by atoms with E-state index >= 15 is 0 Å². The molecule has 1 aromatic heterocycles. The molecule has 0 atom stereocenters. The molecule has 0 saturated heterocycles. The van der Waals surface area contributed by atoms with Gasteiger partial charge in [0.15, 0.2) is 0 Å². The van der Waals surface area contributed by atoms with Crippen molar-refractivity contribution in [2.45, 2.75) is 0 Å². The van der Waals surface area contributed by atoms with Crippen LogP contribution < -0.4 is 15.5 Å². The first-order chi connectivity index (χ1) is 4.88. The molecular formula is C8H9NS. The van der Waals surface area contributed by atoms with Gasteiger partial charge in [0.25, 0.3) is 0 Å². The van der Waals surface area contributed by atoms with Crippen molar-refractivity contribution in [3.63, 3.8) is 0 Å². The predicted octanol–water partition coefficient (Wildman–Crippen LogP) is 0.411. The van der Waals surface area contributed by atoms with E-state index < -0.39 is 0 Å². The van der Waals surface area contributed by atoms with Gasteiger partial charge in [-0.1, -0.05) is 18.7 Å². The number of nitrogens with two attached hydrogens (primary N) is 1. The average Bonchev–Trinajstić information content (AvgIpc) is 2.36. The van der Waals surface area contributed by atoms with Gasteiger partial charge < -0.3 is 5.73 Å². The molecule has 1 aromatic rings. The molecule has 2 N–H and O–H groups in total. The highest BCUT2D eigenvalue weighted by atomic mass is 32.1. The van der Waals surface area contributed by atoms with Crippen LogP contribution in [0.4, 0.5) is 0 Å². The fourth-order valence-corrected chi connectivity index (χ4v) is 1.44. The SMILES string of the molecule is C=C/C=c1/ccs/c1=C/N. The summed E-state index contributed by atoms with van der Waals surface area (Å²) in [6, 6.07) is 2.02. The Morgan fingerprint density at radius 1 is 1.60 bits per heavy atom. The van der Waals surface area contributed by atoms with Crippen LogP contribution >= 0.6 is 11.3 Å². The van der Waals surface area contributed by atoms with Gasteiger partial charge in [-0.25, -0.2) is 0 Å². The fourth-order valence-electron chi connectivity index (χ4n) is 0.731. The summed E-state index contributed by atoms with van der Waals surface area (Å²) in [6.45, 7) is 3.61. The molecule has 52 valence electrons. The second-order valence-electron chi connectivity index (χ2n) is 1.81. The quantitative estimate of drug-likeness (QED) is 0.618. The number of allylic oxidation sites excluding steroid dienone is 1. The van der Waals surface area contributed by atoms with E-state index in [0.29, 0.717) is 0 Å². The van der Waals surface area contributed by atoms with Crippen LogP contribution in [0.1, 0.15) is 0 Å². The lowest BCUT2D eigenvalue weighted by atomic mass is 10.4. The third-order valence-corrected chi connectivity index (χ3v) is 2.07. The van der Waals surface area contributed by atoms with Gasteiger partial charge >= 0.3 is 0 Å². The zero-order valence-electron chi connectivity index (χ0n) is 5.58. The smallest absolute Gasteiger partial charge is 0.0497 e. The number of hydrogen-bond acceptors (Lipinski definition) is 2. The molecule has 0 aromatic carbocycles. The lowest BCUT2D eigenvalue weighted by molar-refractivity contribution is 1.65. The van der Waals surface area contributed by atoms with Gasteiger partial charge in [0.2, 0.25) is 0 Å². The lowest BCUT2D eigenvalue weighted by Crippen LogP contribution is -2.18. The van der Waals surface area contributed by atoms with Crippen molar-refractivity contribution in [2.75, 3.05) is 0 Å². The van der Waals surface area contributed by atoms with Crippen molar-refractivity contribution in [3.8, 4) is 0 Å². The van der Waals surface area contributed by atoms with Crippen LogP contribution in [0.2, 0.25) is 0 Å². The van der Waals surface area contributed by atoms with Crippen molar-refractivity contribution >= 4 is 23.6 Å². The molecule has 10 heavy (non-hydrogen) atoms. The Kier molecular flexibility index (Phi) is 2.29. The zero-order valence-corrected chi connectivity index (χ0v) is 6.40. The van der Waals surface area contributed by atoms with Crippen molar-refractivity contribution in [2.24, 2.45) is 5.73 Å². The summed E-state index contributed by atoms with van der Waals surface area (Å²) in [5.41, 5.74) is 5.36. The second-order valence-corrected chi connectivity index (χ2v) is 2.76. The molecule has 2 heteroatoms. The molecule has 0 aliphatic rings. The van der Waals surface area contributed by atoms with E-state index in [4.69, 9.17) is 5.73 Å². The van der Waals surface area contributed by atoms with Gasteiger partial charge in [-0.15, -0.1) is 11.3 Å². The minimum absolute atomic E-state index is 1.10. The van der Waals surface area contributed by atoms with Crippen LogP contribution in [0, 0.1) is 0 Å². The van der Waals surface area contributed by atoms with E-state index in [1.165, 1.54) is 0 Å². The highest BCUT2D eigenvalue weighted by Gasteiger charge is 1.81. The molecule has 0 aliphatic carbocycles. The third-order valence-electron chi connectivity index (χ3n) is 1.18. The summed E-state index contributed by atoms with van der Waals surface area (Å²) in [5.74, 6) is 0. The minimum atomic E-state index is 1.10. The highest BCUT2D eigenvalue weighted by Crippen LogP contribution is 1.79. The minimum Gasteiger partial charge on any atom is -0.403 e. The topological polar surface area (TPSA) is 26.0 Å². The Balaban J connectivity index is 3.41. The molecule has 0 unspecified atom stereocenters. The van der Waals surface area contributed by atoms with Crippen molar-refractivity contribution in [1.82, 2.24) is 0 Å². The summed E-state index contributed by atoms with van der Waals surface area (Å²) < 4.78 is 1.10. The summed E-state index contributed by atoms with van der Waals surface area (Å²) in [6.07, 6.45) is 5.31. The first kappa shape index (κ1) is 7.09. The van der Waals surface area contributed by atoms with Crippen LogP contribution in [-0.4, -0.2) is 0 Å². The van der Waals surface area contributed by atoms with E-state index in [1.54, 1.807) is 23.6 Å². The van der Waals surface area contributed by atoms with E-state index in [0.717, 1.165) is 9.75 Å². The molecule has 0 aliphatic heterocycles. The summed E-state index contributed by atoms with van der Waals surface area (Å²) in [4.78, 5) is 0. The maximum Gasteiger partial charge on any atom is 0.0497 e. The van der Waals surface area contributed by atoms with Gasteiger partial charge in [-0.3, -0.25) is 0 Å². The molecule has 1 rings (SSSR count).